The first-order valence-electron chi connectivity index (χ1n) is 14.6. The number of esters is 4. The van der Waals surface area contributed by atoms with Gasteiger partial charge in [0, 0.05) is 0 Å². The summed E-state index contributed by atoms with van der Waals surface area (Å²) in [6.45, 7) is 8.29. The molecule has 0 aliphatic heterocycles. The van der Waals surface area contributed by atoms with E-state index in [9.17, 15) is 19.2 Å². The van der Waals surface area contributed by atoms with Gasteiger partial charge in [-0.1, -0.05) is 97.3 Å². The van der Waals surface area contributed by atoms with E-state index in [4.69, 9.17) is 88.6 Å². The van der Waals surface area contributed by atoms with Gasteiger partial charge in [0.15, 0.2) is 11.5 Å². The zero-order valence-electron chi connectivity index (χ0n) is 25.5. The van der Waals surface area contributed by atoms with Gasteiger partial charge in [0.2, 0.25) is 0 Å². The molecule has 2 fully saturated rings. The third-order valence-electron chi connectivity index (χ3n) is 8.11. The number of hydrogen-bond acceptors (Lipinski definition) is 8. The summed E-state index contributed by atoms with van der Waals surface area (Å²) in [5, 5.41) is -1.48. The summed E-state index contributed by atoms with van der Waals surface area (Å²) in [5.41, 5.74) is -0.470. The first-order valence-corrected chi connectivity index (χ1v) is 16.8. The topological polar surface area (TPSA) is 105 Å². The minimum atomic E-state index is -1.64. The molecule has 2 unspecified atom stereocenters. The molecule has 46 heavy (non-hydrogen) atoms. The van der Waals surface area contributed by atoms with Crippen LogP contribution in [0.15, 0.2) is 12.1 Å². The van der Waals surface area contributed by atoms with Crippen LogP contribution < -0.4 is 9.47 Å². The molecule has 2 aromatic rings. The van der Waals surface area contributed by atoms with Gasteiger partial charge in [0.05, 0.1) is 43.3 Å². The van der Waals surface area contributed by atoms with Gasteiger partial charge in [-0.2, -0.15) is 0 Å². The summed E-state index contributed by atoms with van der Waals surface area (Å²) in [7, 11) is 0. The predicted molar refractivity (Wildman–Crippen MR) is 177 cm³/mol. The lowest BCUT2D eigenvalue weighted by Crippen LogP contribution is -2.27. The van der Waals surface area contributed by atoms with E-state index in [1.54, 1.807) is 0 Å². The molecule has 0 N–H and O–H groups in total. The van der Waals surface area contributed by atoms with E-state index < -0.39 is 46.5 Å². The van der Waals surface area contributed by atoms with Crippen molar-refractivity contribution in [3.05, 3.63) is 53.4 Å². The molecule has 0 saturated heterocycles. The number of hydrogen-bond donors (Lipinski definition) is 0. The fourth-order valence-electron chi connectivity index (χ4n) is 5.21. The molecule has 4 rings (SSSR count). The Morgan fingerprint density at radius 2 is 0.957 bits per heavy atom. The predicted octanol–water partition coefficient (Wildman–Crippen LogP) is 10.1. The number of ether oxygens (including phenoxy) is 4. The Hall–Kier alpha value is -1.94. The lowest BCUT2D eigenvalue weighted by atomic mass is 9.95. The summed E-state index contributed by atoms with van der Waals surface area (Å²) in [6.07, 6.45) is 6.11. The van der Waals surface area contributed by atoms with E-state index in [-0.39, 0.29) is 66.0 Å². The smallest absolute Gasteiger partial charge is 0.423 e. The molecule has 8 nitrogen and oxygen atoms in total. The molecule has 0 bridgehead atoms. The van der Waals surface area contributed by atoms with Crippen molar-refractivity contribution < 1.29 is 38.1 Å². The zero-order chi connectivity index (χ0) is 34.1. The molecule has 0 radical (unpaired) electrons. The van der Waals surface area contributed by atoms with Crippen molar-refractivity contribution in [3.8, 4) is 11.5 Å². The number of rotatable bonds is 12. The second kappa shape index (κ2) is 14.7. The maximum atomic E-state index is 13.1. The summed E-state index contributed by atoms with van der Waals surface area (Å²) in [6, 6.07) is 2.25. The van der Waals surface area contributed by atoms with E-state index in [1.165, 1.54) is 0 Å². The Bertz CT molecular complexity index is 1450. The average Bonchev–Trinajstić information content (AvgIpc) is 3.89. The van der Waals surface area contributed by atoms with Gasteiger partial charge >= 0.3 is 23.9 Å². The Morgan fingerprint density at radius 3 is 1.26 bits per heavy atom. The highest BCUT2D eigenvalue weighted by atomic mass is 35.5. The monoisotopic (exact) mass is 754 g/mol. The highest BCUT2D eigenvalue weighted by molar-refractivity contribution is 6.47. The lowest BCUT2D eigenvalue weighted by Gasteiger charge is -2.18. The van der Waals surface area contributed by atoms with E-state index >= 15 is 0 Å². The number of benzene rings is 2. The largest absolute Gasteiger partial charge is 0.462 e. The molecule has 0 heterocycles. The SMILES string of the molecule is CC(COC(=O)c1c(Cl)c(Cl)cc(Cl)c1OC(=O)C(=O)Oc1c(Cl)cc(Cl)c(Cl)c1C(=O)OCC(C)CC1(C)CC1)CC1(C)CC1. The highest BCUT2D eigenvalue weighted by Gasteiger charge is 2.39. The standard InChI is InChI=1S/C32H32Cl6O8/c1-15(11-31(3)5-6-31)13-43-27(39)21-23(37)17(33)9-19(35)25(21)45-29(41)30(42)46-26-20(36)10-18(34)24(38)22(26)28(40)44-14-16(2)12-32(4)7-8-32/h9-10,15-16H,5-8,11-14H2,1-4H3. The van der Waals surface area contributed by atoms with Gasteiger partial charge in [-0.05, 0) is 73.3 Å². The van der Waals surface area contributed by atoms with E-state index in [0.29, 0.717) is 0 Å². The third-order valence-corrected chi connectivity index (χ3v) is 10.2. The first kappa shape index (κ1) is 36.9. The van der Waals surface area contributed by atoms with Gasteiger partial charge in [0.1, 0.15) is 11.1 Å². The zero-order valence-corrected chi connectivity index (χ0v) is 30.0. The second-order valence-electron chi connectivity index (χ2n) is 12.9. The van der Waals surface area contributed by atoms with E-state index in [0.717, 1.165) is 50.7 Å². The molecule has 2 aliphatic carbocycles. The van der Waals surface area contributed by atoms with Crippen LogP contribution >= 0.6 is 69.6 Å². The first-order chi connectivity index (χ1) is 21.4. The van der Waals surface area contributed by atoms with Crippen LogP contribution in [0, 0.1) is 22.7 Å². The molecule has 2 atom stereocenters. The van der Waals surface area contributed by atoms with E-state index in [2.05, 4.69) is 13.8 Å². The summed E-state index contributed by atoms with van der Waals surface area (Å²) >= 11 is 37.4. The normalized spacial score (nSPS) is 17.0. The quantitative estimate of drug-likeness (QED) is 0.0912. The van der Waals surface area contributed by atoms with Crippen molar-refractivity contribution in [3.63, 3.8) is 0 Å². The number of carbonyl (C=O) groups is 4. The minimum absolute atomic E-state index is 0.0346. The summed E-state index contributed by atoms with van der Waals surface area (Å²) in [4.78, 5) is 52.2. The molecule has 0 spiro atoms. The number of carbonyl (C=O) groups excluding carboxylic acids is 4. The van der Waals surface area contributed by atoms with Gasteiger partial charge in [0.25, 0.3) is 0 Å². The molecular weight excluding hydrogens is 725 g/mol. The van der Waals surface area contributed by atoms with Crippen molar-refractivity contribution in [1.82, 2.24) is 0 Å². The molecular formula is C32H32Cl6O8. The fourth-order valence-corrected chi connectivity index (χ4v) is 6.64. The Kier molecular flexibility index (Phi) is 11.8. The van der Waals surface area contributed by atoms with Crippen LogP contribution in [0.1, 0.15) is 86.9 Å². The van der Waals surface area contributed by atoms with Crippen molar-refractivity contribution >= 4 is 93.5 Å². The second-order valence-corrected chi connectivity index (χ2v) is 15.3. The molecule has 0 amide bonds. The summed E-state index contributed by atoms with van der Waals surface area (Å²) in [5.74, 6) is -6.32. The van der Waals surface area contributed by atoms with Crippen LogP contribution in [-0.2, 0) is 19.1 Å². The summed E-state index contributed by atoms with van der Waals surface area (Å²) < 4.78 is 21.2. The molecule has 2 aromatic carbocycles. The van der Waals surface area contributed by atoms with Gasteiger partial charge < -0.3 is 18.9 Å². The Labute approximate surface area is 297 Å². The molecule has 250 valence electrons. The highest BCUT2D eigenvalue weighted by Crippen LogP contribution is 2.51. The van der Waals surface area contributed by atoms with Crippen LogP contribution in [0.25, 0.3) is 0 Å². The van der Waals surface area contributed by atoms with Gasteiger partial charge in [-0.25, -0.2) is 19.2 Å². The van der Waals surface area contributed by atoms with Crippen molar-refractivity contribution in [2.45, 2.75) is 66.2 Å². The molecule has 2 aliphatic rings. The van der Waals surface area contributed by atoms with E-state index in [1.807, 2.05) is 13.8 Å². The van der Waals surface area contributed by atoms with Crippen LogP contribution in [0.4, 0.5) is 0 Å². The molecule has 2 saturated carbocycles. The van der Waals surface area contributed by atoms with Crippen molar-refractivity contribution in [2.75, 3.05) is 13.2 Å². The van der Waals surface area contributed by atoms with Crippen LogP contribution in [-0.4, -0.2) is 37.1 Å². The third kappa shape index (κ3) is 9.14. The molecule has 14 heteroatoms. The average molecular weight is 757 g/mol. The molecule has 0 aromatic heterocycles. The number of halogens is 6. The van der Waals surface area contributed by atoms with Gasteiger partial charge in [-0.3, -0.25) is 0 Å². The maximum Gasteiger partial charge on any atom is 0.423 e. The van der Waals surface area contributed by atoms with Crippen molar-refractivity contribution in [1.29, 1.82) is 0 Å². The maximum absolute atomic E-state index is 13.1. The van der Waals surface area contributed by atoms with Crippen LogP contribution in [0.2, 0.25) is 30.1 Å². The lowest BCUT2D eigenvalue weighted by molar-refractivity contribution is -0.156. The van der Waals surface area contributed by atoms with Gasteiger partial charge in [-0.15, -0.1) is 0 Å². The Balaban J connectivity index is 1.51. The fraction of sp³-hybridized carbons (Fsp3) is 0.500. The van der Waals surface area contributed by atoms with Crippen LogP contribution in [0.3, 0.4) is 0 Å². The Morgan fingerprint density at radius 1 is 0.630 bits per heavy atom. The van der Waals surface area contributed by atoms with Crippen molar-refractivity contribution in [2.24, 2.45) is 22.7 Å². The van der Waals surface area contributed by atoms with Crippen LogP contribution in [0.5, 0.6) is 11.5 Å². The minimum Gasteiger partial charge on any atom is -0.462 e.